The van der Waals surface area contributed by atoms with Gasteiger partial charge in [-0.25, -0.2) is 21.6 Å². The third kappa shape index (κ3) is 5.21. The van der Waals surface area contributed by atoms with Crippen molar-refractivity contribution in [2.75, 3.05) is 39.7 Å². The molecule has 10 nitrogen and oxygen atoms in total. The van der Waals surface area contributed by atoms with Gasteiger partial charge in [0.25, 0.3) is 5.91 Å². The number of nitrogens with zero attached hydrogens (tertiary/aromatic N) is 1. The number of nitrogens with one attached hydrogen (secondary N) is 2. The van der Waals surface area contributed by atoms with Crippen molar-refractivity contribution in [1.29, 1.82) is 0 Å². The number of ether oxygens (including phenoxy) is 2. The van der Waals surface area contributed by atoms with Gasteiger partial charge in [0.15, 0.2) is 0 Å². The summed E-state index contributed by atoms with van der Waals surface area (Å²) in [5.74, 6) is -0.342. The summed E-state index contributed by atoms with van der Waals surface area (Å²) in [4.78, 5) is 12.7. The molecule has 2 rings (SSSR count). The van der Waals surface area contributed by atoms with E-state index in [1.54, 1.807) is 13.8 Å². The lowest BCUT2D eigenvalue weighted by Gasteiger charge is -2.19. The van der Waals surface area contributed by atoms with Crippen LogP contribution in [0.15, 0.2) is 46.2 Å². The average Bonchev–Trinajstić information content (AvgIpc) is 2.79. The number of amides is 1. The van der Waals surface area contributed by atoms with Crippen molar-refractivity contribution in [1.82, 2.24) is 9.03 Å². The lowest BCUT2D eigenvalue weighted by Crippen LogP contribution is -2.30. The van der Waals surface area contributed by atoms with Gasteiger partial charge in [0, 0.05) is 18.7 Å². The van der Waals surface area contributed by atoms with Gasteiger partial charge in [-0.3, -0.25) is 4.79 Å². The number of methoxy groups -OCH3 is 2. The van der Waals surface area contributed by atoms with Crippen LogP contribution in [0.1, 0.15) is 24.2 Å². The van der Waals surface area contributed by atoms with Crippen LogP contribution < -0.4 is 19.5 Å². The molecule has 0 radical (unpaired) electrons. The van der Waals surface area contributed by atoms with E-state index in [2.05, 4.69) is 10.0 Å². The Labute approximate surface area is 188 Å². The van der Waals surface area contributed by atoms with Crippen LogP contribution in [0.4, 0.5) is 5.69 Å². The van der Waals surface area contributed by atoms with Gasteiger partial charge < -0.3 is 14.8 Å². The molecule has 0 unspecified atom stereocenters. The highest BCUT2D eigenvalue weighted by atomic mass is 32.2. The maximum atomic E-state index is 12.9. The fraction of sp³-hybridized carbons (Fsp3) is 0.350. The van der Waals surface area contributed by atoms with Crippen LogP contribution >= 0.6 is 0 Å². The number of anilines is 1. The second kappa shape index (κ2) is 10.3. The largest absolute Gasteiger partial charge is 0.495 e. The minimum atomic E-state index is -3.89. The van der Waals surface area contributed by atoms with Gasteiger partial charge >= 0.3 is 0 Å². The van der Waals surface area contributed by atoms with E-state index in [9.17, 15) is 21.6 Å². The van der Waals surface area contributed by atoms with Crippen molar-refractivity contribution in [2.45, 2.75) is 23.6 Å². The Bertz CT molecular complexity index is 1190. The normalized spacial score (nSPS) is 11.9. The second-order valence-corrected chi connectivity index (χ2v) is 10.3. The number of carbonyl (C=O) groups is 1. The lowest BCUT2D eigenvalue weighted by molar-refractivity contribution is 0.102. The lowest BCUT2D eigenvalue weighted by atomic mass is 10.2. The number of hydrogen-bond acceptors (Lipinski definition) is 7. The molecule has 0 aromatic heterocycles. The molecule has 0 aliphatic carbocycles. The van der Waals surface area contributed by atoms with Crippen molar-refractivity contribution >= 4 is 31.6 Å². The molecule has 0 saturated heterocycles. The standard InChI is InChI=1S/C20H27N3O7S2/c1-6-23(7-2)32(27,28)15-9-11-17(29-4)16(13-15)22-20(24)14-8-10-18(30-5)19(12-14)31(25,26)21-3/h8-13,21H,6-7H2,1-5H3,(H,22,24). The first kappa shape index (κ1) is 25.6. The monoisotopic (exact) mass is 485 g/mol. The van der Waals surface area contributed by atoms with E-state index in [0.717, 1.165) is 0 Å². The number of carbonyl (C=O) groups excluding carboxylic acids is 1. The molecule has 176 valence electrons. The van der Waals surface area contributed by atoms with E-state index >= 15 is 0 Å². The Morgan fingerprint density at radius 1 is 0.938 bits per heavy atom. The molecule has 0 bridgehead atoms. The second-order valence-electron chi connectivity index (χ2n) is 6.48. The summed E-state index contributed by atoms with van der Waals surface area (Å²) in [6, 6.07) is 8.07. The van der Waals surface area contributed by atoms with E-state index in [4.69, 9.17) is 9.47 Å². The van der Waals surface area contributed by atoms with Crippen molar-refractivity contribution in [3.63, 3.8) is 0 Å². The molecule has 0 aliphatic rings. The van der Waals surface area contributed by atoms with Gasteiger partial charge in [-0.15, -0.1) is 0 Å². The Hall–Kier alpha value is -2.67. The fourth-order valence-corrected chi connectivity index (χ4v) is 5.39. The SMILES string of the molecule is CCN(CC)S(=O)(=O)c1ccc(OC)c(NC(=O)c2ccc(OC)c(S(=O)(=O)NC)c2)c1. The third-order valence-corrected chi connectivity index (χ3v) is 8.23. The van der Waals surface area contributed by atoms with Gasteiger partial charge in [-0.05, 0) is 43.4 Å². The van der Waals surface area contributed by atoms with E-state index in [-0.39, 0.29) is 32.5 Å². The van der Waals surface area contributed by atoms with Crippen LogP contribution in [0.2, 0.25) is 0 Å². The van der Waals surface area contributed by atoms with Crippen LogP contribution in [-0.4, -0.2) is 61.4 Å². The van der Waals surface area contributed by atoms with Crippen molar-refractivity contribution in [2.24, 2.45) is 0 Å². The molecule has 0 fully saturated rings. The predicted molar refractivity (Wildman–Crippen MR) is 120 cm³/mol. The van der Waals surface area contributed by atoms with E-state index < -0.39 is 26.0 Å². The highest BCUT2D eigenvalue weighted by molar-refractivity contribution is 7.89. The van der Waals surface area contributed by atoms with Gasteiger partial charge in [-0.1, -0.05) is 13.8 Å². The number of rotatable bonds is 10. The summed E-state index contributed by atoms with van der Waals surface area (Å²) in [6.45, 7) is 4.05. The molecule has 0 atom stereocenters. The minimum Gasteiger partial charge on any atom is -0.495 e. The summed E-state index contributed by atoms with van der Waals surface area (Å²) < 4.78 is 64.0. The summed E-state index contributed by atoms with van der Waals surface area (Å²) in [5, 5.41) is 2.60. The molecule has 1 amide bonds. The van der Waals surface area contributed by atoms with Gasteiger partial charge in [0.2, 0.25) is 20.0 Å². The van der Waals surface area contributed by atoms with E-state index in [0.29, 0.717) is 13.1 Å². The van der Waals surface area contributed by atoms with Crippen LogP contribution in [0.5, 0.6) is 11.5 Å². The Kier molecular flexibility index (Phi) is 8.24. The Morgan fingerprint density at radius 2 is 1.53 bits per heavy atom. The summed E-state index contributed by atoms with van der Waals surface area (Å²) in [6.07, 6.45) is 0. The van der Waals surface area contributed by atoms with Gasteiger partial charge in [0.1, 0.15) is 16.4 Å². The molecular weight excluding hydrogens is 458 g/mol. The number of hydrogen-bond donors (Lipinski definition) is 2. The van der Waals surface area contributed by atoms with Crippen LogP contribution in [0.25, 0.3) is 0 Å². The quantitative estimate of drug-likeness (QED) is 0.525. The smallest absolute Gasteiger partial charge is 0.255 e. The number of benzene rings is 2. The zero-order valence-electron chi connectivity index (χ0n) is 18.5. The van der Waals surface area contributed by atoms with Gasteiger partial charge in [0.05, 0.1) is 24.8 Å². The number of sulfonamides is 2. The molecule has 32 heavy (non-hydrogen) atoms. The summed E-state index contributed by atoms with van der Waals surface area (Å²) >= 11 is 0. The van der Waals surface area contributed by atoms with Crippen molar-refractivity contribution in [3.05, 3.63) is 42.0 Å². The topological polar surface area (TPSA) is 131 Å². The van der Waals surface area contributed by atoms with Crippen molar-refractivity contribution in [3.8, 4) is 11.5 Å². The molecule has 0 heterocycles. The zero-order chi connectivity index (χ0) is 24.1. The summed E-state index contributed by atoms with van der Waals surface area (Å²) in [7, 11) is -3.71. The first-order valence-corrected chi connectivity index (χ1v) is 12.6. The molecule has 0 aliphatic heterocycles. The molecular formula is C20H27N3O7S2. The molecule has 2 aromatic carbocycles. The fourth-order valence-electron chi connectivity index (χ4n) is 2.99. The maximum absolute atomic E-state index is 12.9. The average molecular weight is 486 g/mol. The zero-order valence-corrected chi connectivity index (χ0v) is 20.1. The molecule has 2 aromatic rings. The molecule has 2 N–H and O–H groups in total. The van der Waals surface area contributed by atoms with Gasteiger partial charge in [-0.2, -0.15) is 4.31 Å². The minimum absolute atomic E-state index is 0.00881. The Morgan fingerprint density at radius 3 is 2.06 bits per heavy atom. The van der Waals surface area contributed by atoms with Crippen LogP contribution in [0, 0.1) is 0 Å². The summed E-state index contributed by atoms with van der Waals surface area (Å²) in [5.41, 5.74) is 0.151. The molecule has 0 saturated carbocycles. The van der Waals surface area contributed by atoms with Crippen LogP contribution in [0.3, 0.4) is 0 Å². The first-order chi connectivity index (χ1) is 15.0. The van der Waals surface area contributed by atoms with E-state index in [1.165, 1.54) is 62.0 Å². The van der Waals surface area contributed by atoms with Crippen molar-refractivity contribution < 1.29 is 31.1 Å². The highest BCUT2D eigenvalue weighted by Gasteiger charge is 2.24. The van der Waals surface area contributed by atoms with Crippen LogP contribution in [-0.2, 0) is 20.0 Å². The highest BCUT2D eigenvalue weighted by Crippen LogP contribution is 2.30. The molecule has 0 spiro atoms. The maximum Gasteiger partial charge on any atom is 0.255 e. The van der Waals surface area contributed by atoms with E-state index in [1.807, 2.05) is 0 Å². The first-order valence-electron chi connectivity index (χ1n) is 9.66. The molecule has 12 heteroatoms. The predicted octanol–water partition coefficient (Wildman–Crippen LogP) is 1.89. The Balaban J connectivity index is 2.49. The third-order valence-electron chi connectivity index (χ3n) is 4.75.